The van der Waals surface area contributed by atoms with Crippen molar-refractivity contribution in [1.29, 1.82) is 0 Å². The predicted octanol–water partition coefficient (Wildman–Crippen LogP) is 4.97. The Kier molecular flexibility index (Phi) is 4.61. The van der Waals surface area contributed by atoms with Crippen molar-refractivity contribution in [1.82, 2.24) is 0 Å². The summed E-state index contributed by atoms with van der Waals surface area (Å²) < 4.78 is 0. The van der Waals surface area contributed by atoms with Crippen LogP contribution in [-0.2, 0) is 0 Å². The molecule has 0 aliphatic heterocycles. The maximum absolute atomic E-state index is 12.1. The fourth-order valence-corrected chi connectivity index (χ4v) is 3.86. The van der Waals surface area contributed by atoms with Gasteiger partial charge in [0.1, 0.15) is 0 Å². The lowest BCUT2D eigenvalue weighted by atomic mass is 10.2. The van der Waals surface area contributed by atoms with E-state index in [4.69, 9.17) is 0 Å². The van der Waals surface area contributed by atoms with Crippen LogP contribution in [0.5, 0.6) is 0 Å². The summed E-state index contributed by atoms with van der Waals surface area (Å²) in [6.45, 7) is 0. The molecule has 0 heterocycles. The van der Waals surface area contributed by atoms with Crippen molar-refractivity contribution >= 4 is 23.4 Å². The smallest absolute Gasteiger partial charge is 0.255 e. The number of carbonyl (C=O) groups is 1. The highest BCUT2D eigenvalue weighted by atomic mass is 32.2. The summed E-state index contributed by atoms with van der Waals surface area (Å²) in [5.74, 6) is -0.0632. The first kappa shape index (κ1) is 14.2. The normalized spacial score (nSPS) is 15.0. The summed E-state index contributed by atoms with van der Waals surface area (Å²) in [4.78, 5) is 13.4. The van der Waals surface area contributed by atoms with Crippen molar-refractivity contribution in [3.8, 4) is 0 Å². The van der Waals surface area contributed by atoms with E-state index < -0.39 is 0 Å². The van der Waals surface area contributed by atoms with E-state index in [1.807, 2.05) is 54.2 Å². The quantitative estimate of drug-likeness (QED) is 0.863. The first-order valence-corrected chi connectivity index (χ1v) is 8.32. The summed E-state index contributed by atoms with van der Waals surface area (Å²) in [5.41, 5.74) is 1.53. The van der Waals surface area contributed by atoms with Gasteiger partial charge in [0.05, 0.1) is 0 Å². The van der Waals surface area contributed by atoms with Gasteiger partial charge < -0.3 is 5.32 Å². The third-order valence-corrected chi connectivity index (χ3v) is 5.10. The van der Waals surface area contributed by atoms with Crippen LogP contribution in [0.2, 0.25) is 0 Å². The van der Waals surface area contributed by atoms with Crippen LogP contribution >= 0.6 is 11.8 Å². The summed E-state index contributed by atoms with van der Waals surface area (Å²) in [6.07, 6.45) is 5.39. The standard InChI is InChI=1S/C18H19NOS/c20-18(14-6-2-1-3-7-14)19-15-10-12-17(13-11-15)21-16-8-4-5-9-16/h1-3,6-7,10-13,16H,4-5,8-9H2,(H,19,20). The highest BCUT2D eigenvalue weighted by Gasteiger charge is 2.15. The number of hydrogen-bond acceptors (Lipinski definition) is 2. The molecule has 21 heavy (non-hydrogen) atoms. The van der Waals surface area contributed by atoms with Gasteiger partial charge in [-0.05, 0) is 49.2 Å². The molecule has 0 saturated heterocycles. The Bertz CT molecular complexity index is 588. The van der Waals surface area contributed by atoms with Crippen LogP contribution in [0.25, 0.3) is 0 Å². The van der Waals surface area contributed by atoms with Crippen molar-refractivity contribution in [3.63, 3.8) is 0 Å². The van der Waals surface area contributed by atoms with E-state index in [2.05, 4.69) is 17.4 Å². The van der Waals surface area contributed by atoms with Gasteiger partial charge in [-0.3, -0.25) is 4.79 Å². The van der Waals surface area contributed by atoms with Gasteiger partial charge in [-0.15, -0.1) is 11.8 Å². The van der Waals surface area contributed by atoms with Gasteiger partial charge >= 0.3 is 0 Å². The summed E-state index contributed by atoms with van der Waals surface area (Å²) >= 11 is 1.96. The predicted molar refractivity (Wildman–Crippen MR) is 89.0 cm³/mol. The second-order valence-corrected chi connectivity index (χ2v) is 6.74. The van der Waals surface area contributed by atoms with Gasteiger partial charge in [-0.1, -0.05) is 31.0 Å². The zero-order chi connectivity index (χ0) is 14.5. The number of rotatable bonds is 4. The van der Waals surface area contributed by atoms with Crippen molar-refractivity contribution in [2.24, 2.45) is 0 Å². The first-order valence-electron chi connectivity index (χ1n) is 7.44. The number of amides is 1. The Morgan fingerprint density at radius 2 is 1.62 bits per heavy atom. The minimum Gasteiger partial charge on any atom is -0.322 e. The number of benzene rings is 2. The van der Waals surface area contributed by atoms with Crippen LogP contribution in [0.3, 0.4) is 0 Å². The van der Waals surface area contributed by atoms with E-state index in [9.17, 15) is 4.79 Å². The van der Waals surface area contributed by atoms with E-state index in [-0.39, 0.29) is 5.91 Å². The number of hydrogen-bond donors (Lipinski definition) is 1. The molecule has 108 valence electrons. The van der Waals surface area contributed by atoms with E-state index in [1.165, 1.54) is 30.6 Å². The summed E-state index contributed by atoms with van der Waals surface area (Å²) in [7, 11) is 0. The molecule has 0 bridgehead atoms. The van der Waals surface area contributed by atoms with Crippen LogP contribution in [0.4, 0.5) is 5.69 Å². The van der Waals surface area contributed by atoms with Gasteiger partial charge in [0, 0.05) is 21.4 Å². The van der Waals surface area contributed by atoms with E-state index in [0.29, 0.717) is 5.56 Å². The second kappa shape index (κ2) is 6.81. The van der Waals surface area contributed by atoms with Crippen molar-refractivity contribution in [2.45, 2.75) is 35.8 Å². The Morgan fingerprint density at radius 3 is 2.29 bits per heavy atom. The largest absolute Gasteiger partial charge is 0.322 e. The average Bonchev–Trinajstić information content (AvgIpc) is 3.03. The van der Waals surface area contributed by atoms with Crippen molar-refractivity contribution < 1.29 is 4.79 Å². The molecule has 2 aromatic rings. The molecule has 0 aromatic heterocycles. The molecule has 3 rings (SSSR count). The number of carbonyl (C=O) groups excluding carboxylic acids is 1. The molecule has 0 radical (unpaired) electrons. The molecular formula is C18H19NOS. The number of anilines is 1. The maximum Gasteiger partial charge on any atom is 0.255 e. The fourth-order valence-electron chi connectivity index (χ4n) is 2.61. The molecule has 2 aromatic carbocycles. The second-order valence-electron chi connectivity index (χ2n) is 5.37. The molecule has 1 aliphatic rings. The molecule has 3 heteroatoms. The Labute approximate surface area is 130 Å². The van der Waals surface area contributed by atoms with E-state index >= 15 is 0 Å². The van der Waals surface area contributed by atoms with Gasteiger partial charge in [0.25, 0.3) is 5.91 Å². The molecule has 0 atom stereocenters. The highest BCUT2D eigenvalue weighted by Crippen LogP contribution is 2.34. The maximum atomic E-state index is 12.1. The van der Waals surface area contributed by atoms with Crippen LogP contribution in [-0.4, -0.2) is 11.2 Å². The lowest BCUT2D eigenvalue weighted by Gasteiger charge is -2.10. The van der Waals surface area contributed by atoms with Crippen LogP contribution in [0.15, 0.2) is 59.5 Å². The van der Waals surface area contributed by atoms with Crippen LogP contribution in [0.1, 0.15) is 36.0 Å². The first-order chi connectivity index (χ1) is 10.3. The molecule has 1 aliphatic carbocycles. The molecule has 2 nitrogen and oxygen atoms in total. The van der Waals surface area contributed by atoms with Crippen molar-refractivity contribution in [3.05, 3.63) is 60.2 Å². The van der Waals surface area contributed by atoms with Gasteiger partial charge in [0.2, 0.25) is 0 Å². The van der Waals surface area contributed by atoms with Gasteiger partial charge in [0.15, 0.2) is 0 Å². The van der Waals surface area contributed by atoms with Crippen LogP contribution < -0.4 is 5.32 Å². The Balaban J connectivity index is 1.60. The fraction of sp³-hybridized carbons (Fsp3) is 0.278. The molecule has 1 saturated carbocycles. The Hall–Kier alpha value is -1.74. The molecule has 1 amide bonds. The molecule has 0 unspecified atom stereocenters. The number of nitrogens with one attached hydrogen (secondary N) is 1. The summed E-state index contributed by atoms with van der Waals surface area (Å²) in [6, 6.07) is 17.5. The topological polar surface area (TPSA) is 29.1 Å². The van der Waals surface area contributed by atoms with E-state index in [1.54, 1.807) is 0 Å². The minimum absolute atomic E-state index is 0.0632. The molecular weight excluding hydrogens is 278 g/mol. The highest BCUT2D eigenvalue weighted by molar-refractivity contribution is 8.00. The SMILES string of the molecule is O=C(Nc1ccc(SC2CCCC2)cc1)c1ccccc1. The molecule has 0 spiro atoms. The lowest BCUT2D eigenvalue weighted by Crippen LogP contribution is -2.11. The average molecular weight is 297 g/mol. The number of thioether (sulfide) groups is 1. The lowest BCUT2D eigenvalue weighted by molar-refractivity contribution is 0.102. The molecule has 1 N–H and O–H groups in total. The van der Waals surface area contributed by atoms with E-state index in [0.717, 1.165) is 10.9 Å². The third kappa shape index (κ3) is 3.88. The van der Waals surface area contributed by atoms with Crippen LogP contribution in [0, 0.1) is 0 Å². The monoisotopic (exact) mass is 297 g/mol. The third-order valence-electron chi connectivity index (χ3n) is 3.75. The Morgan fingerprint density at radius 1 is 0.952 bits per heavy atom. The minimum atomic E-state index is -0.0632. The zero-order valence-electron chi connectivity index (χ0n) is 11.9. The molecule has 1 fully saturated rings. The van der Waals surface area contributed by atoms with Gasteiger partial charge in [-0.2, -0.15) is 0 Å². The summed E-state index contributed by atoms with van der Waals surface area (Å²) in [5, 5.41) is 3.70. The van der Waals surface area contributed by atoms with Gasteiger partial charge in [-0.25, -0.2) is 0 Å². The zero-order valence-corrected chi connectivity index (χ0v) is 12.7. The van der Waals surface area contributed by atoms with Crippen molar-refractivity contribution in [2.75, 3.05) is 5.32 Å².